The van der Waals surface area contributed by atoms with Gasteiger partial charge in [-0.1, -0.05) is 0 Å². The zero-order chi connectivity index (χ0) is 12.4. The van der Waals surface area contributed by atoms with Gasteiger partial charge in [0.05, 0.1) is 5.41 Å². The average molecular weight is 252 g/mol. The Labute approximate surface area is 109 Å². The highest BCUT2D eigenvalue weighted by molar-refractivity contribution is 5.84. The van der Waals surface area contributed by atoms with E-state index < -0.39 is 0 Å². The van der Waals surface area contributed by atoms with Crippen molar-refractivity contribution >= 4 is 5.91 Å². The van der Waals surface area contributed by atoms with E-state index in [2.05, 4.69) is 10.2 Å². The van der Waals surface area contributed by atoms with E-state index in [1.54, 1.807) is 0 Å². The molecule has 0 aromatic carbocycles. The largest absolute Gasteiger partial charge is 0.381 e. The maximum absolute atomic E-state index is 11.9. The summed E-state index contributed by atoms with van der Waals surface area (Å²) < 4.78 is 5.41. The lowest BCUT2D eigenvalue weighted by Crippen LogP contribution is -2.45. The molecule has 0 aromatic heterocycles. The quantitative estimate of drug-likeness (QED) is 0.797. The number of piperidine rings is 1. The van der Waals surface area contributed by atoms with E-state index in [0.29, 0.717) is 5.91 Å². The first-order valence-corrected chi connectivity index (χ1v) is 7.37. The molecule has 0 radical (unpaired) electrons. The average Bonchev–Trinajstić information content (AvgIpc) is 2.75. The van der Waals surface area contributed by atoms with Crippen molar-refractivity contribution in [1.82, 2.24) is 10.2 Å². The number of nitrogens with zero attached hydrogens (tertiary/aromatic N) is 1. The molecule has 0 atom stereocenters. The van der Waals surface area contributed by atoms with Crippen LogP contribution in [0.2, 0.25) is 0 Å². The Hall–Kier alpha value is -0.610. The molecule has 0 saturated carbocycles. The lowest BCUT2D eigenvalue weighted by atomic mass is 9.77. The number of nitrogens with one attached hydrogen (secondary N) is 1. The molecule has 3 aliphatic rings. The first-order chi connectivity index (χ1) is 8.78. The van der Waals surface area contributed by atoms with Crippen LogP contribution in [0, 0.1) is 11.3 Å². The Bertz CT molecular complexity index is 305. The van der Waals surface area contributed by atoms with Gasteiger partial charge in [-0.2, -0.15) is 0 Å². The summed E-state index contributed by atoms with van der Waals surface area (Å²) >= 11 is 0. The zero-order valence-corrected chi connectivity index (χ0v) is 11.1. The highest BCUT2D eigenvalue weighted by atomic mass is 16.5. The van der Waals surface area contributed by atoms with Gasteiger partial charge in [-0.15, -0.1) is 0 Å². The lowest BCUT2D eigenvalue weighted by molar-refractivity contribution is -0.130. The van der Waals surface area contributed by atoms with Crippen molar-refractivity contribution in [2.75, 3.05) is 39.4 Å². The van der Waals surface area contributed by atoms with Crippen molar-refractivity contribution in [2.45, 2.75) is 32.1 Å². The van der Waals surface area contributed by atoms with Crippen molar-refractivity contribution in [1.29, 1.82) is 0 Å². The van der Waals surface area contributed by atoms with Crippen molar-refractivity contribution in [3.05, 3.63) is 0 Å². The summed E-state index contributed by atoms with van der Waals surface area (Å²) in [5.41, 5.74) is -0.00776. The molecule has 1 amide bonds. The Morgan fingerprint density at radius 2 is 1.94 bits per heavy atom. The second-order valence-electron chi connectivity index (χ2n) is 6.14. The fourth-order valence-corrected chi connectivity index (χ4v) is 3.65. The van der Waals surface area contributed by atoms with Crippen molar-refractivity contribution in [3.63, 3.8) is 0 Å². The van der Waals surface area contributed by atoms with Crippen molar-refractivity contribution in [2.24, 2.45) is 11.3 Å². The predicted octanol–water partition coefficient (Wildman–Crippen LogP) is 1.02. The second kappa shape index (κ2) is 5.17. The van der Waals surface area contributed by atoms with Gasteiger partial charge in [-0.3, -0.25) is 4.79 Å². The molecule has 0 aromatic rings. The Balaban J connectivity index is 1.49. The summed E-state index contributed by atoms with van der Waals surface area (Å²) in [6, 6.07) is 0. The highest BCUT2D eigenvalue weighted by Crippen LogP contribution is 2.38. The smallest absolute Gasteiger partial charge is 0.226 e. The van der Waals surface area contributed by atoms with Crippen LogP contribution in [-0.4, -0.2) is 50.2 Å². The Kier molecular flexibility index (Phi) is 3.57. The number of rotatable bonds is 2. The third-order valence-corrected chi connectivity index (χ3v) is 5.04. The normalized spacial score (nSPS) is 29.7. The van der Waals surface area contributed by atoms with Crippen LogP contribution in [0.3, 0.4) is 0 Å². The van der Waals surface area contributed by atoms with E-state index in [0.717, 1.165) is 58.0 Å². The highest BCUT2D eigenvalue weighted by Gasteiger charge is 2.44. The molecule has 3 saturated heterocycles. The minimum Gasteiger partial charge on any atom is -0.381 e. The van der Waals surface area contributed by atoms with Gasteiger partial charge in [0.15, 0.2) is 0 Å². The van der Waals surface area contributed by atoms with Crippen LogP contribution < -0.4 is 5.32 Å². The van der Waals surface area contributed by atoms with E-state index in [1.807, 2.05) is 0 Å². The molecule has 18 heavy (non-hydrogen) atoms. The van der Waals surface area contributed by atoms with Gasteiger partial charge in [0, 0.05) is 26.3 Å². The van der Waals surface area contributed by atoms with Crippen LogP contribution in [0.5, 0.6) is 0 Å². The topological polar surface area (TPSA) is 41.6 Å². The molecule has 0 bridgehead atoms. The molecule has 102 valence electrons. The fourth-order valence-electron chi connectivity index (χ4n) is 3.65. The summed E-state index contributed by atoms with van der Waals surface area (Å²) in [5, 5.41) is 3.00. The van der Waals surface area contributed by atoms with E-state index in [1.165, 1.54) is 19.4 Å². The molecular weight excluding hydrogens is 228 g/mol. The number of carbonyl (C=O) groups is 1. The molecule has 3 aliphatic heterocycles. The van der Waals surface area contributed by atoms with Gasteiger partial charge in [0.25, 0.3) is 0 Å². The second-order valence-corrected chi connectivity index (χ2v) is 6.14. The Morgan fingerprint density at radius 3 is 2.56 bits per heavy atom. The van der Waals surface area contributed by atoms with E-state index in [4.69, 9.17) is 4.74 Å². The first kappa shape index (κ1) is 12.4. The molecule has 0 aliphatic carbocycles. The van der Waals surface area contributed by atoms with Crippen LogP contribution in [0.1, 0.15) is 32.1 Å². The standard InChI is InChI=1S/C14H24N2O2/c17-13-14(3-6-15-13)4-7-16(8-5-14)11-12-1-9-18-10-2-12/h12H,1-11H2,(H,15,17). The predicted molar refractivity (Wildman–Crippen MR) is 69.3 cm³/mol. The first-order valence-electron chi connectivity index (χ1n) is 7.37. The molecule has 3 heterocycles. The van der Waals surface area contributed by atoms with Crippen LogP contribution in [0.4, 0.5) is 0 Å². The summed E-state index contributed by atoms with van der Waals surface area (Å²) in [6.45, 7) is 6.17. The van der Waals surface area contributed by atoms with E-state index in [9.17, 15) is 4.79 Å². The number of hydrogen-bond acceptors (Lipinski definition) is 3. The molecule has 1 N–H and O–H groups in total. The van der Waals surface area contributed by atoms with E-state index >= 15 is 0 Å². The third kappa shape index (κ3) is 2.41. The van der Waals surface area contributed by atoms with Crippen LogP contribution in [0.25, 0.3) is 0 Å². The molecular formula is C14H24N2O2. The monoisotopic (exact) mass is 252 g/mol. The lowest BCUT2D eigenvalue weighted by Gasteiger charge is -2.39. The Morgan fingerprint density at radius 1 is 1.22 bits per heavy atom. The maximum atomic E-state index is 11.9. The number of carbonyl (C=O) groups excluding carboxylic acids is 1. The number of ether oxygens (including phenoxy) is 1. The fraction of sp³-hybridized carbons (Fsp3) is 0.929. The van der Waals surface area contributed by atoms with Gasteiger partial charge >= 0.3 is 0 Å². The number of likely N-dealkylation sites (tertiary alicyclic amines) is 1. The summed E-state index contributed by atoms with van der Waals surface area (Å²) in [5.74, 6) is 1.12. The van der Waals surface area contributed by atoms with Gasteiger partial charge < -0.3 is 15.0 Å². The van der Waals surface area contributed by atoms with Gasteiger partial charge in [0.2, 0.25) is 5.91 Å². The van der Waals surface area contributed by atoms with Crippen molar-refractivity contribution in [3.8, 4) is 0 Å². The molecule has 3 fully saturated rings. The molecule has 4 heteroatoms. The summed E-state index contributed by atoms with van der Waals surface area (Å²) in [6.07, 6.45) is 5.59. The minimum absolute atomic E-state index is 0.00776. The van der Waals surface area contributed by atoms with Crippen LogP contribution >= 0.6 is 0 Å². The van der Waals surface area contributed by atoms with Crippen LogP contribution in [0.15, 0.2) is 0 Å². The van der Waals surface area contributed by atoms with Gasteiger partial charge in [0.1, 0.15) is 0 Å². The molecule has 4 nitrogen and oxygen atoms in total. The number of hydrogen-bond donors (Lipinski definition) is 1. The van der Waals surface area contributed by atoms with E-state index in [-0.39, 0.29) is 5.41 Å². The molecule has 0 unspecified atom stereocenters. The van der Waals surface area contributed by atoms with Gasteiger partial charge in [-0.25, -0.2) is 0 Å². The third-order valence-electron chi connectivity index (χ3n) is 5.04. The van der Waals surface area contributed by atoms with Crippen LogP contribution in [-0.2, 0) is 9.53 Å². The zero-order valence-electron chi connectivity index (χ0n) is 11.1. The van der Waals surface area contributed by atoms with Gasteiger partial charge in [-0.05, 0) is 51.1 Å². The minimum atomic E-state index is -0.00776. The number of amides is 1. The molecule has 3 rings (SSSR count). The summed E-state index contributed by atoms with van der Waals surface area (Å²) in [4.78, 5) is 14.5. The van der Waals surface area contributed by atoms with Crippen molar-refractivity contribution < 1.29 is 9.53 Å². The SMILES string of the molecule is O=C1NCCC12CCN(CC1CCOCC1)CC2. The molecule has 1 spiro atoms. The maximum Gasteiger partial charge on any atom is 0.226 e. The summed E-state index contributed by atoms with van der Waals surface area (Å²) in [7, 11) is 0.